The van der Waals surface area contributed by atoms with Gasteiger partial charge in [0.25, 0.3) is 0 Å². The van der Waals surface area contributed by atoms with Crippen LogP contribution in [0.15, 0.2) is 18.3 Å². The summed E-state index contributed by atoms with van der Waals surface area (Å²) in [5.41, 5.74) is -0.365. The second kappa shape index (κ2) is 3.81. The molecule has 0 amide bonds. The first-order valence-corrected chi connectivity index (χ1v) is 4.11. The van der Waals surface area contributed by atoms with E-state index < -0.39 is 5.60 Å². The van der Waals surface area contributed by atoms with Crippen molar-refractivity contribution in [2.75, 3.05) is 0 Å². The maximum atomic E-state index is 8.77. The SMILES string of the molecule is C#CC(C)(C)Oc1ncccc1C#N. The molecule has 0 saturated carbocycles. The van der Waals surface area contributed by atoms with E-state index in [-0.39, 0.29) is 5.88 Å². The quantitative estimate of drug-likeness (QED) is 0.661. The lowest BCUT2D eigenvalue weighted by Crippen LogP contribution is -2.26. The van der Waals surface area contributed by atoms with Crippen LogP contribution in [0.25, 0.3) is 0 Å². The fraction of sp³-hybridized carbons (Fsp3) is 0.273. The van der Waals surface area contributed by atoms with E-state index in [0.717, 1.165) is 0 Å². The average Bonchev–Trinajstić information content (AvgIpc) is 2.18. The standard InChI is InChI=1S/C11H10N2O/c1-4-11(2,3)14-10-9(8-12)6-5-7-13-10/h1,5-7H,2-3H3. The number of hydrogen-bond acceptors (Lipinski definition) is 3. The topological polar surface area (TPSA) is 45.9 Å². The van der Waals surface area contributed by atoms with Crippen LogP contribution in [0.1, 0.15) is 19.4 Å². The van der Waals surface area contributed by atoms with Crippen molar-refractivity contribution < 1.29 is 4.74 Å². The van der Waals surface area contributed by atoms with Gasteiger partial charge in [0.2, 0.25) is 5.88 Å². The zero-order valence-electron chi connectivity index (χ0n) is 8.11. The van der Waals surface area contributed by atoms with Gasteiger partial charge in [-0.3, -0.25) is 0 Å². The molecular formula is C11H10N2O. The van der Waals surface area contributed by atoms with E-state index in [4.69, 9.17) is 16.4 Å². The summed E-state index contributed by atoms with van der Waals surface area (Å²) >= 11 is 0. The Morgan fingerprint density at radius 1 is 1.57 bits per heavy atom. The Morgan fingerprint density at radius 3 is 2.86 bits per heavy atom. The summed E-state index contributed by atoms with van der Waals surface area (Å²) in [5.74, 6) is 2.75. The van der Waals surface area contributed by atoms with Gasteiger partial charge in [0.1, 0.15) is 11.6 Å². The highest BCUT2D eigenvalue weighted by molar-refractivity contribution is 5.37. The highest BCUT2D eigenvalue weighted by atomic mass is 16.5. The molecule has 0 aromatic carbocycles. The van der Waals surface area contributed by atoms with Crippen molar-refractivity contribution in [3.05, 3.63) is 23.9 Å². The summed E-state index contributed by atoms with van der Waals surface area (Å²) in [6.45, 7) is 3.48. The number of ether oxygens (including phenoxy) is 1. The van der Waals surface area contributed by atoms with Gasteiger partial charge in [-0.05, 0) is 26.0 Å². The molecule has 3 heteroatoms. The molecule has 70 valence electrons. The highest BCUT2D eigenvalue weighted by Gasteiger charge is 2.18. The van der Waals surface area contributed by atoms with Crippen LogP contribution in [-0.4, -0.2) is 10.6 Å². The van der Waals surface area contributed by atoms with E-state index >= 15 is 0 Å². The number of pyridine rings is 1. The molecule has 0 radical (unpaired) electrons. The predicted molar refractivity (Wildman–Crippen MR) is 52.5 cm³/mol. The summed E-state index contributed by atoms with van der Waals surface area (Å²) in [4.78, 5) is 3.94. The van der Waals surface area contributed by atoms with E-state index in [2.05, 4.69) is 10.9 Å². The van der Waals surface area contributed by atoms with Gasteiger partial charge in [-0.15, -0.1) is 6.42 Å². The van der Waals surface area contributed by atoms with Crippen LogP contribution in [0, 0.1) is 23.7 Å². The molecule has 0 aliphatic heterocycles. The molecule has 0 N–H and O–H groups in total. The largest absolute Gasteiger partial charge is 0.457 e. The second-order valence-corrected chi connectivity index (χ2v) is 3.22. The minimum absolute atomic E-state index is 0.276. The molecule has 0 spiro atoms. The van der Waals surface area contributed by atoms with Crippen molar-refractivity contribution in [1.82, 2.24) is 4.98 Å². The van der Waals surface area contributed by atoms with Gasteiger partial charge < -0.3 is 4.74 Å². The third-order valence-corrected chi connectivity index (χ3v) is 1.59. The van der Waals surface area contributed by atoms with E-state index in [1.54, 1.807) is 32.2 Å². The van der Waals surface area contributed by atoms with E-state index in [1.165, 1.54) is 0 Å². The summed E-state index contributed by atoms with van der Waals surface area (Å²) in [7, 11) is 0. The molecule has 0 aliphatic carbocycles. The first-order valence-electron chi connectivity index (χ1n) is 4.11. The number of nitriles is 1. The number of rotatable bonds is 2. The van der Waals surface area contributed by atoms with E-state index in [1.807, 2.05) is 6.07 Å². The van der Waals surface area contributed by atoms with E-state index in [9.17, 15) is 0 Å². The summed E-state index contributed by atoms with van der Waals surface area (Å²) < 4.78 is 5.40. The number of nitrogens with zero attached hydrogens (tertiary/aromatic N) is 2. The van der Waals surface area contributed by atoms with Crippen LogP contribution < -0.4 is 4.74 Å². The van der Waals surface area contributed by atoms with Gasteiger partial charge in [0, 0.05) is 6.20 Å². The molecule has 3 nitrogen and oxygen atoms in total. The van der Waals surface area contributed by atoms with Crippen LogP contribution in [0.5, 0.6) is 5.88 Å². The van der Waals surface area contributed by atoms with Crippen molar-refractivity contribution in [3.8, 4) is 24.3 Å². The molecule has 14 heavy (non-hydrogen) atoms. The third-order valence-electron chi connectivity index (χ3n) is 1.59. The lowest BCUT2D eigenvalue weighted by molar-refractivity contribution is 0.164. The molecule has 0 atom stereocenters. The van der Waals surface area contributed by atoms with Gasteiger partial charge >= 0.3 is 0 Å². The minimum atomic E-state index is -0.750. The summed E-state index contributed by atoms with van der Waals surface area (Å²) in [6.07, 6.45) is 6.82. The molecule has 1 aromatic heterocycles. The van der Waals surface area contributed by atoms with E-state index in [0.29, 0.717) is 5.56 Å². The molecule has 0 saturated heterocycles. The summed E-state index contributed by atoms with van der Waals surface area (Å²) in [5, 5.41) is 8.77. The maximum absolute atomic E-state index is 8.77. The maximum Gasteiger partial charge on any atom is 0.233 e. The molecule has 0 bridgehead atoms. The van der Waals surface area contributed by atoms with Crippen LogP contribution in [0.4, 0.5) is 0 Å². The molecule has 0 fully saturated rings. The first kappa shape index (κ1) is 10.1. The number of aromatic nitrogens is 1. The normalized spacial score (nSPS) is 10.0. The van der Waals surface area contributed by atoms with Crippen molar-refractivity contribution in [2.24, 2.45) is 0 Å². The van der Waals surface area contributed by atoms with Gasteiger partial charge in [-0.2, -0.15) is 5.26 Å². The fourth-order valence-electron chi connectivity index (χ4n) is 0.828. The monoisotopic (exact) mass is 186 g/mol. The first-order chi connectivity index (χ1) is 6.59. The number of terminal acetylenes is 1. The molecule has 0 unspecified atom stereocenters. The van der Waals surface area contributed by atoms with Crippen LogP contribution >= 0.6 is 0 Å². The minimum Gasteiger partial charge on any atom is -0.457 e. The third kappa shape index (κ3) is 2.24. The Kier molecular flexibility index (Phi) is 2.74. The Hall–Kier alpha value is -2.00. The molecule has 0 aliphatic rings. The molecule has 1 aromatic rings. The van der Waals surface area contributed by atoms with Gasteiger partial charge in [0.05, 0.1) is 0 Å². The Morgan fingerprint density at radius 2 is 2.29 bits per heavy atom. The van der Waals surface area contributed by atoms with Crippen LogP contribution in [-0.2, 0) is 0 Å². The van der Waals surface area contributed by atoms with Crippen LogP contribution in [0.2, 0.25) is 0 Å². The molecule has 1 rings (SSSR count). The number of hydrogen-bond donors (Lipinski definition) is 0. The Bertz CT molecular complexity index is 410. The second-order valence-electron chi connectivity index (χ2n) is 3.22. The fourth-order valence-corrected chi connectivity index (χ4v) is 0.828. The van der Waals surface area contributed by atoms with Crippen molar-refractivity contribution in [3.63, 3.8) is 0 Å². The van der Waals surface area contributed by atoms with Gasteiger partial charge in [-0.25, -0.2) is 4.98 Å². The zero-order chi connectivity index (χ0) is 10.6. The van der Waals surface area contributed by atoms with Crippen molar-refractivity contribution in [1.29, 1.82) is 5.26 Å². The van der Waals surface area contributed by atoms with Crippen LogP contribution in [0.3, 0.4) is 0 Å². The Balaban J connectivity index is 3.00. The van der Waals surface area contributed by atoms with Crippen molar-refractivity contribution >= 4 is 0 Å². The van der Waals surface area contributed by atoms with Gasteiger partial charge in [-0.1, -0.05) is 5.92 Å². The highest BCUT2D eigenvalue weighted by Crippen LogP contribution is 2.18. The summed E-state index contributed by atoms with van der Waals surface area (Å²) in [6, 6.07) is 5.29. The smallest absolute Gasteiger partial charge is 0.233 e. The predicted octanol–water partition coefficient (Wildman–Crippen LogP) is 1.74. The lowest BCUT2D eigenvalue weighted by Gasteiger charge is -2.19. The van der Waals surface area contributed by atoms with Crippen molar-refractivity contribution in [2.45, 2.75) is 19.4 Å². The Labute approximate surface area is 83.3 Å². The lowest BCUT2D eigenvalue weighted by atomic mass is 10.1. The zero-order valence-corrected chi connectivity index (χ0v) is 8.11. The molecular weight excluding hydrogens is 176 g/mol. The van der Waals surface area contributed by atoms with Gasteiger partial charge in [0.15, 0.2) is 5.60 Å². The average molecular weight is 186 g/mol. The molecule has 1 heterocycles.